The van der Waals surface area contributed by atoms with Crippen molar-refractivity contribution in [3.8, 4) is 5.75 Å². The second-order valence-corrected chi connectivity index (χ2v) is 6.99. The molecule has 0 aliphatic heterocycles. The largest absolute Gasteiger partial charge is 0.482 e. The Bertz CT molecular complexity index is 1120. The van der Waals surface area contributed by atoms with Gasteiger partial charge >= 0.3 is 11.6 Å². The van der Waals surface area contributed by atoms with Crippen LogP contribution in [-0.2, 0) is 14.3 Å². The molecule has 0 aliphatic carbocycles. The van der Waals surface area contributed by atoms with E-state index in [-0.39, 0.29) is 5.91 Å². The minimum absolute atomic E-state index is 0.285. The minimum atomic E-state index is -1.05. The molecule has 0 N–H and O–H groups in total. The molecular weight excluding hydrogens is 398 g/mol. The summed E-state index contributed by atoms with van der Waals surface area (Å²) in [5.74, 6) is -0.614. The number of benzene rings is 2. The second kappa shape index (κ2) is 9.93. The van der Waals surface area contributed by atoms with Gasteiger partial charge in [0.1, 0.15) is 11.3 Å². The lowest BCUT2D eigenvalue weighted by Crippen LogP contribution is -2.37. The molecule has 31 heavy (non-hydrogen) atoms. The summed E-state index contributed by atoms with van der Waals surface area (Å²) in [5, 5.41) is 0.781. The van der Waals surface area contributed by atoms with Crippen molar-refractivity contribution in [2.75, 3.05) is 19.7 Å². The molecule has 0 radical (unpaired) electrons. The van der Waals surface area contributed by atoms with Crippen molar-refractivity contribution >= 4 is 22.8 Å². The topological polar surface area (TPSA) is 86.0 Å². The number of hydrogen-bond donors (Lipinski definition) is 0. The van der Waals surface area contributed by atoms with E-state index in [0.717, 1.165) is 10.9 Å². The van der Waals surface area contributed by atoms with Crippen LogP contribution in [0.25, 0.3) is 11.0 Å². The number of carbonyl (C=O) groups is 2. The SMILES string of the molecule is CCN(CC)C(=O)[C@H](OC(=O)COc1ccc2c(C)cc(=O)oc2c1)c1ccccc1. The van der Waals surface area contributed by atoms with Gasteiger partial charge in [0.2, 0.25) is 6.10 Å². The first kappa shape index (κ1) is 22.1. The van der Waals surface area contributed by atoms with Crippen molar-refractivity contribution in [1.82, 2.24) is 4.90 Å². The molecule has 0 fully saturated rings. The highest BCUT2D eigenvalue weighted by atomic mass is 16.6. The number of fused-ring (bicyclic) bond motifs is 1. The van der Waals surface area contributed by atoms with Gasteiger partial charge in [-0.2, -0.15) is 0 Å². The lowest BCUT2D eigenvalue weighted by Gasteiger charge is -2.25. The lowest BCUT2D eigenvalue weighted by atomic mass is 10.1. The quantitative estimate of drug-likeness (QED) is 0.406. The van der Waals surface area contributed by atoms with Gasteiger partial charge in [0.05, 0.1) is 0 Å². The van der Waals surface area contributed by atoms with E-state index in [1.165, 1.54) is 6.07 Å². The van der Waals surface area contributed by atoms with E-state index in [4.69, 9.17) is 13.9 Å². The first-order chi connectivity index (χ1) is 14.9. The van der Waals surface area contributed by atoms with Gasteiger partial charge in [0.25, 0.3) is 5.91 Å². The third-order valence-corrected chi connectivity index (χ3v) is 4.93. The average Bonchev–Trinajstić information content (AvgIpc) is 2.77. The number of ether oxygens (including phenoxy) is 2. The van der Waals surface area contributed by atoms with Crippen molar-refractivity contribution in [2.45, 2.75) is 26.9 Å². The van der Waals surface area contributed by atoms with Crippen molar-refractivity contribution in [3.63, 3.8) is 0 Å². The van der Waals surface area contributed by atoms with Crippen LogP contribution in [0, 0.1) is 6.92 Å². The molecule has 7 nitrogen and oxygen atoms in total. The van der Waals surface area contributed by atoms with Crippen molar-refractivity contribution in [1.29, 1.82) is 0 Å². The number of hydrogen-bond acceptors (Lipinski definition) is 6. The van der Waals surface area contributed by atoms with Crippen LogP contribution in [0.5, 0.6) is 5.75 Å². The Labute approximate surface area is 180 Å². The minimum Gasteiger partial charge on any atom is -0.482 e. The molecular formula is C24H25NO6. The Hall–Kier alpha value is -3.61. The number of amides is 1. The molecule has 0 unspecified atom stereocenters. The zero-order valence-corrected chi connectivity index (χ0v) is 17.8. The molecule has 0 bridgehead atoms. The molecule has 162 valence electrons. The number of esters is 1. The predicted octanol–water partition coefficient (Wildman–Crippen LogP) is 3.63. The molecule has 1 atom stereocenters. The number of rotatable bonds is 8. The highest BCUT2D eigenvalue weighted by molar-refractivity contribution is 5.85. The van der Waals surface area contributed by atoms with Gasteiger partial charge in [-0.3, -0.25) is 4.79 Å². The molecule has 0 saturated carbocycles. The molecule has 3 aromatic rings. The standard InChI is InChI=1S/C24H25NO6/c1-4-25(5-2)24(28)23(17-9-7-6-8-10-17)31-22(27)15-29-18-11-12-19-16(3)13-21(26)30-20(19)14-18/h6-14,23H,4-5,15H2,1-3H3/t23-/m1/s1. The highest BCUT2D eigenvalue weighted by Gasteiger charge is 2.28. The number of likely N-dealkylation sites (N-methyl/N-ethyl adjacent to an activating group) is 1. The van der Waals surface area contributed by atoms with E-state index in [1.54, 1.807) is 47.4 Å². The summed E-state index contributed by atoms with van der Waals surface area (Å²) in [6, 6.07) is 15.3. The Morgan fingerprint density at radius 3 is 2.42 bits per heavy atom. The third kappa shape index (κ3) is 5.31. The smallest absolute Gasteiger partial charge is 0.345 e. The first-order valence-corrected chi connectivity index (χ1v) is 10.1. The highest BCUT2D eigenvalue weighted by Crippen LogP contribution is 2.23. The predicted molar refractivity (Wildman–Crippen MR) is 116 cm³/mol. The van der Waals surface area contributed by atoms with Crippen LogP contribution in [0.4, 0.5) is 0 Å². The van der Waals surface area contributed by atoms with Crippen molar-refractivity contribution < 1.29 is 23.5 Å². The zero-order valence-electron chi connectivity index (χ0n) is 17.8. The summed E-state index contributed by atoms with van der Waals surface area (Å²) in [5.41, 5.74) is 1.30. The maximum absolute atomic E-state index is 12.9. The van der Waals surface area contributed by atoms with Gasteiger partial charge < -0.3 is 18.8 Å². The number of nitrogens with zero attached hydrogens (tertiary/aromatic N) is 1. The van der Waals surface area contributed by atoms with Crippen LogP contribution < -0.4 is 10.4 Å². The third-order valence-electron chi connectivity index (χ3n) is 4.93. The summed E-state index contributed by atoms with van der Waals surface area (Å²) in [4.78, 5) is 38.6. The Morgan fingerprint density at radius 2 is 1.74 bits per heavy atom. The molecule has 7 heteroatoms. The summed E-state index contributed by atoms with van der Waals surface area (Å²) >= 11 is 0. The van der Waals surface area contributed by atoms with Gasteiger partial charge in [0, 0.05) is 36.2 Å². The normalized spacial score (nSPS) is 11.7. The van der Waals surface area contributed by atoms with E-state index in [9.17, 15) is 14.4 Å². The fourth-order valence-corrected chi connectivity index (χ4v) is 3.29. The average molecular weight is 423 g/mol. The number of aryl methyl sites for hydroxylation is 1. The van der Waals surface area contributed by atoms with Crippen LogP contribution in [-0.4, -0.2) is 36.5 Å². The maximum atomic E-state index is 12.9. The number of carbonyl (C=O) groups excluding carboxylic acids is 2. The van der Waals surface area contributed by atoms with Gasteiger partial charge in [0.15, 0.2) is 6.61 Å². The van der Waals surface area contributed by atoms with E-state index in [1.807, 2.05) is 26.8 Å². The van der Waals surface area contributed by atoms with Gasteiger partial charge in [-0.15, -0.1) is 0 Å². The van der Waals surface area contributed by atoms with Crippen LogP contribution in [0.15, 0.2) is 63.8 Å². The monoisotopic (exact) mass is 423 g/mol. The fraction of sp³-hybridized carbons (Fsp3) is 0.292. The molecule has 3 rings (SSSR count). The van der Waals surface area contributed by atoms with E-state index in [0.29, 0.717) is 30.0 Å². The van der Waals surface area contributed by atoms with Crippen molar-refractivity contribution in [2.24, 2.45) is 0 Å². The molecule has 1 aromatic heterocycles. The van der Waals surface area contributed by atoms with Gasteiger partial charge in [-0.25, -0.2) is 9.59 Å². The van der Waals surface area contributed by atoms with Crippen LogP contribution in [0.2, 0.25) is 0 Å². The maximum Gasteiger partial charge on any atom is 0.345 e. The van der Waals surface area contributed by atoms with E-state index >= 15 is 0 Å². The summed E-state index contributed by atoms with van der Waals surface area (Å²) < 4.78 is 16.2. The molecule has 1 amide bonds. The first-order valence-electron chi connectivity index (χ1n) is 10.1. The lowest BCUT2D eigenvalue weighted by molar-refractivity contribution is -0.162. The van der Waals surface area contributed by atoms with E-state index in [2.05, 4.69) is 0 Å². The Kier molecular flexibility index (Phi) is 7.07. The second-order valence-electron chi connectivity index (χ2n) is 6.99. The Morgan fingerprint density at radius 1 is 1.03 bits per heavy atom. The summed E-state index contributed by atoms with van der Waals surface area (Å²) in [7, 11) is 0. The van der Waals surface area contributed by atoms with Gasteiger partial charge in [-0.05, 0) is 38.5 Å². The van der Waals surface area contributed by atoms with Crippen molar-refractivity contribution in [3.05, 3.63) is 76.1 Å². The zero-order chi connectivity index (χ0) is 22.4. The van der Waals surface area contributed by atoms with Crippen LogP contribution >= 0.6 is 0 Å². The molecule has 0 saturated heterocycles. The fourth-order valence-electron chi connectivity index (χ4n) is 3.29. The summed E-state index contributed by atoms with van der Waals surface area (Å²) in [6.07, 6.45) is -1.05. The van der Waals surface area contributed by atoms with Gasteiger partial charge in [-0.1, -0.05) is 30.3 Å². The summed E-state index contributed by atoms with van der Waals surface area (Å²) in [6.45, 7) is 6.18. The molecule has 0 spiro atoms. The van der Waals surface area contributed by atoms with E-state index < -0.39 is 24.3 Å². The Balaban J connectivity index is 1.73. The van der Waals surface area contributed by atoms with Crippen LogP contribution in [0.3, 0.4) is 0 Å². The molecule has 0 aliphatic rings. The molecule has 1 heterocycles. The van der Waals surface area contributed by atoms with Crippen LogP contribution in [0.1, 0.15) is 31.1 Å². The molecule has 2 aromatic carbocycles.